The van der Waals surface area contributed by atoms with E-state index in [-0.39, 0.29) is 11.7 Å². The molecule has 0 saturated heterocycles. The molecule has 0 atom stereocenters. The molecule has 6 nitrogen and oxygen atoms in total. The maximum atomic E-state index is 12.2. The Morgan fingerprint density at radius 1 is 1.21 bits per heavy atom. The first-order valence-corrected chi connectivity index (χ1v) is 10.2. The second-order valence-corrected chi connectivity index (χ2v) is 7.42. The fourth-order valence-corrected chi connectivity index (χ4v) is 3.62. The molecule has 0 spiro atoms. The Morgan fingerprint density at radius 3 is 2.79 bits per heavy atom. The van der Waals surface area contributed by atoms with E-state index in [1.54, 1.807) is 24.3 Å². The fraction of sp³-hybridized carbons (Fsp3) is 0.250. The Balaban J connectivity index is 1.58. The number of benzene rings is 2. The van der Waals surface area contributed by atoms with Gasteiger partial charge < -0.3 is 14.6 Å². The third-order valence-electron chi connectivity index (χ3n) is 4.00. The van der Waals surface area contributed by atoms with Crippen molar-refractivity contribution in [2.45, 2.75) is 32.2 Å². The molecule has 3 rings (SSSR count). The Morgan fingerprint density at radius 2 is 2.04 bits per heavy atom. The number of thioether (sulfide) groups is 1. The largest absolute Gasteiger partial charge is 0.485 e. The van der Waals surface area contributed by atoms with Gasteiger partial charge in [-0.3, -0.25) is 4.79 Å². The number of amides is 1. The van der Waals surface area contributed by atoms with Crippen molar-refractivity contribution in [3.63, 3.8) is 0 Å². The summed E-state index contributed by atoms with van der Waals surface area (Å²) < 4.78 is 7.82. The van der Waals surface area contributed by atoms with Crippen molar-refractivity contribution in [3.8, 4) is 5.75 Å². The number of halogens is 1. The molecule has 0 aliphatic rings. The highest BCUT2D eigenvalue weighted by Crippen LogP contribution is 2.21. The molecule has 0 saturated carbocycles. The van der Waals surface area contributed by atoms with Crippen LogP contribution in [-0.4, -0.2) is 26.4 Å². The lowest BCUT2D eigenvalue weighted by Gasteiger charge is -2.10. The molecule has 1 aromatic heterocycles. The van der Waals surface area contributed by atoms with Gasteiger partial charge in [0.15, 0.2) is 11.0 Å². The van der Waals surface area contributed by atoms with Crippen LogP contribution in [-0.2, 0) is 17.9 Å². The monoisotopic (exact) mass is 416 g/mol. The maximum absolute atomic E-state index is 12.2. The number of hydrogen-bond donors (Lipinski definition) is 1. The first kappa shape index (κ1) is 20.2. The summed E-state index contributed by atoms with van der Waals surface area (Å²) >= 11 is 7.27. The highest BCUT2D eigenvalue weighted by Gasteiger charge is 2.14. The summed E-state index contributed by atoms with van der Waals surface area (Å²) in [5, 5.41) is 12.5. The number of nitrogens with one attached hydrogen (secondary N) is 1. The zero-order valence-electron chi connectivity index (χ0n) is 15.7. The lowest BCUT2D eigenvalue weighted by Crippen LogP contribution is -2.15. The van der Waals surface area contributed by atoms with Crippen LogP contribution in [0.15, 0.2) is 53.7 Å². The van der Waals surface area contributed by atoms with Crippen LogP contribution in [0.5, 0.6) is 5.75 Å². The van der Waals surface area contributed by atoms with Crippen LogP contribution < -0.4 is 10.1 Å². The van der Waals surface area contributed by atoms with Crippen LogP contribution >= 0.6 is 23.4 Å². The number of para-hydroxylation sites is 1. The molecule has 0 aliphatic heterocycles. The van der Waals surface area contributed by atoms with Crippen LogP contribution in [0.1, 0.15) is 18.3 Å². The van der Waals surface area contributed by atoms with Gasteiger partial charge >= 0.3 is 0 Å². The second-order valence-electron chi connectivity index (χ2n) is 6.04. The molecule has 0 unspecified atom stereocenters. The molecule has 3 aromatic rings. The number of nitrogens with zero attached hydrogens (tertiary/aromatic N) is 3. The maximum Gasteiger partial charge on any atom is 0.234 e. The number of ether oxygens (including phenoxy) is 1. The van der Waals surface area contributed by atoms with Crippen molar-refractivity contribution in [1.82, 2.24) is 14.8 Å². The number of rotatable bonds is 8. The van der Waals surface area contributed by atoms with E-state index in [0.29, 0.717) is 29.0 Å². The minimum atomic E-state index is -0.129. The summed E-state index contributed by atoms with van der Waals surface area (Å²) in [4.78, 5) is 12.2. The number of anilines is 1. The third kappa shape index (κ3) is 5.27. The standard InChI is InChI=1S/C20H21ClN4O2S/c1-3-25-18(12-27-17-10-5-4-7-14(17)2)23-24-20(25)28-13-19(26)22-16-9-6-8-15(21)11-16/h4-11H,3,12-13H2,1-2H3,(H,22,26). The van der Waals surface area contributed by atoms with E-state index in [2.05, 4.69) is 15.5 Å². The number of carbonyl (C=O) groups is 1. The topological polar surface area (TPSA) is 69.0 Å². The Bertz CT molecular complexity index is 961. The molecule has 28 heavy (non-hydrogen) atoms. The normalized spacial score (nSPS) is 10.7. The van der Waals surface area contributed by atoms with Gasteiger partial charge in [-0.15, -0.1) is 10.2 Å². The smallest absolute Gasteiger partial charge is 0.234 e. The SMILES string of the molecule is CCn1c(COc2ccccc2C)nnc1SCC(=O)Nc1cccc(Cl)c1. The molecule has 0 radical (unpaired) electrons. The highest BCUT2D eigenvalue weighted by molar-refractivity contribution is 7.99. The molecular weight excluding hydrogens is 396 g/mol. The zero-order chi connectivity index (χ0) is 19.9. The number of carbonyl (C=O) groups excluding carboxylic acids is 1. The second kappa shape index (κ2) is 9.61. The van der Waals surface area contributed by atoms with Gasteiger partial charge in [-0.2, -0.15) is 0 Å². The molecule has 0 aliphatic carbocycles. The van der Waals surface area contributed by atoms with E-state index < -0.39 is 0 Å². The summed E-state index contributed by atoms with van der Waals surface area (Å²) in [6, 6.07) is 14.9. The van der Waals surface area contributed by atoms with Crippen LogP contribution in [0.25, 0.3) is 0 Å². The van der Waals surface area contributed by atoms with Crippen molar-refractivity contribution >= 4 is 35.0 Å². The molecule has 2 aromatic carbocycles. The van der Waals surface area contributed by atoms with Crippen molar-refractivity contribution in [3.05, 3.63) is 64.9 Å². The van der Waals surface area contributed by atoms with E-state index in [1.165, 1.54) is 11.8 Å². The first-order valence-electron chi connectivity index (χ1n) is 8.85. The van der Waals surface area contributed by atoms with Gasteiger partial charge in [0.25, 0.3) is 0 Å². The minimum Gasteiger partial charge on any atom is -0.485 e. The first-order chi connectivity index (χ1) is 13.6. The molecule has 1 amide bonds. The van der Waals surface area contributed by atoms with E-state index >= 15 is 0 Å². The van der Waals surface area contributed by atoms with Gasteiger partial charge in [-0.25, -0.2) is 0 Å². The molecule has 146 valence electrons. The number of aryl methyl sites for hydroxylation is 1. The molecule has 1 N–H and O–H groups in total. The van der Waals surface area contributed by atoms with Crippen molar-refractivity contribution in [2.75, 3.05) is 11.1 Å². The number of hydrogen-bond acceptors (Lipinski definition) is 5. The molecular formula is C20H21ClN4O2S. The van der Waals surface area contributed by atoms with Gasteiger partial charge in [-0.05, 0) is 43.7 Å². The van der Waals surface area contributed by atoms with Gasteiger partial charge in [-0.1, -0.05) is 47.6 Å². The summed E-state index contributed by atoms with van der Waals surface area (Å²) in [5.41, 5.74) is 1.74. The van der Waals surface area contributed by atoms with Crippen molar-refractivity contribution in [1.29, 1.82) is 0 Å². The predicted molar refractivity (Wildman–Crippen MR) is 112 cm³/mol. The van der Waals surface area contributed by atoms with Gasteiger partial charge in [0, 0.05) is 17.3 Å². The summed E-state index contributed by atoms with van der Waals surface area (Å²) in [6.45, 7) is 5.02. The Hall–Kier alpha value is -2.51. The average molecular weight is 417 g/mol. The minimum absolute atomic E-state index is 0.129. The number of aromatic nitrogens is 3. The molecule has 0 bridgehead atoms. The predicted octanol–water partition coefficient (Wildman–Crippen LogP) is 4.57. The van der Waals surface area contributed by atoms with Crippen LogP contribution in [0.3, 0.4) is 0 Å². The Labute approximate surface area is 173 Å². The van der Waals surface area contributed by atoms with Gasteiger partial charge in [0.2, 0.25) is 5.91 Å². The van der Waals surface area contributed by atoms with E-state index in [4.69, 9.17) is 16.3 Å². The van der Waals surface area contributed by atoms with Gasteiger partial charge in [0.1, 0.15) is 12.4 Å². The van der Waals surface area contributed by atoms with E-state index in [9.17, 15) is 4.79 Å². The lowest BCUT2D eigenvalue weighted by molar-refractivity contribution is -0.113. The van der Waals surface area contributed by atoms with Crippen molar-refractivity contribution < 1.29 is 9.53 Å². The van der Waals surface area contributed by atoms with Crippen LogP contribution in [0, 0.1) is 6.92 Å². The summed E-state index contributed by atoms with van der Waals surface area (Å²) in [5.74, 6) is 1.64. The molecule has 0 fully saturated rings. The molecule has 8 heteroatoms. The quantitative estimate of drug-likeness (QED) is 0.545. The van der Waals surface area contributed by atoms with E-state index in [0.717, 1.165) is 17.1 Å². The zero-order valence-corrected chi connectivity index (χ0v) is 17.3. The van der Waals surface area contributed by atoms with E-state index in [1.807, 2.05) is 42.7 Å². The van der Waals surface area contributed by atoms with Crippen molar-refractivity contribution in [2.24, 2.45) is 0 Å². The fourth-order valence-electron chi connectivity index (χ4n) is 2.60. The third-order valence-corrected chi connectivity index (χ3v) is 5.20. The van der Waals surface area contributed by atoms with Gasteiger partial charge in [0.05, 0.1) is 5.75 Å². The summed E-state index contributed by atoms with van der Waals surface area (Å²) in [6.07, 6.45) is 0. The average Bonchev–Trinajstić information content (AvgIpc) is 3.07. The lowest BCUT2D eigenvalue weighted by atomic mass is 10.2. The Kier molecular flexibility index (Phi) is 6.95. The van der Waals surface area contributed by atoms with Crippen LogP contribution in [0.2, 0.25) is 5.02 Å². The summed E-state index contributed by atoms with van der Waals surface area (Å²) in [7, 11) is 0. The molecule has 1 heterocycles. The highest BCUT2D eigenvalue weighted by atomic mass is 35.5. The van der Waals surface area contributed by atoms with Crippen LogP contribution in [0.4, 0.5) is 5.69 Å².